The zero-order chi connectivity index (χ0) is 6.01. The molecule has 0 aromatic heterocycles. The van der Waals surface area contributed by atoms with Crippen LogP contribution in [0.3, 0.4) is 0 Å². The predicted octanol–water partition coefficient (Wildman–Crippen LogP) is 2.30. The SMILES string of the molecule is CC1C2CCC2[C@H]2CC12. The van der Waals surface area contributed by atoms with Gasteiger partial charge in [-0.2, -0.15) is 0 Å². The summed E-state index contributed by atoms with van der Waals surface area (Å²) in [4.78, 5) is 0. The summed E-state index contributed by atoms with van der Waals surface area (Å²) in [7, 11) is 0. The van der Waals surface area contributed by atoms with Crippen LogP contribution in [0.15, 0.2) is 0 Å². The van der Waals surface area contributed by atoms with Crippen LogP contribution in [-0.2, 0) is 0 Å². The van der Waals surface area contributed by atoms with Crippen LogP contribution in [0.1, 0.15) is 26.2 Å². The molecule has 3 saturated carbocycles. The molecule has 3 aliphatic carbocycles. The topological polar surface area (TPSA) is 0 Å². The van der Waals surface area contributed by atoms with Gasteiger partial charge in [0.25, 0.3) is 0 Å². The predicted molar refractivity (Wildman–Crippen MR) is 37.0 cm³/mol. The molecule has 4 unspecified atom stereocenters. The van der Waals surface area contributed by atoms with E-state index in [0.717, 1.165) is 5.92 Å². The van der Waals surface area contributed by atoms with Gasteiger partial charge in [0.1, 0.15) is 0 Å². The molecule has 0 heteroatoms. The Morgan fingerprint density at radius 1 is 0.889 bits per heavy atom. The number of fused-ring (bicyclic) bond motifs is 3. The van der Waals surface area contributed by atoms with Gasteiger partial charge >= 0.3 is 0 Å². The minimum atomic E-state index is 1.12. The Bertz CT molecular complexity index is 135. The van der Waals surface area contributed by atoms with Gasteiger partial charge in [-0.05, 0) is 48.9 Å². The molecule has 0 amide bonds. The third-order valence-corrected chi connectivity index (χ3v) is 4.18. The van der Waals surface area contributed by atoms with Crippen molar-refractivity contribution in [2.24, 2.45) is 29.6 Å². The molecule has 0 radical (unpaired) electrons. The average molecular weight is 122 g/mol. The van der Waals surface area contributed by atoms with E-state index in [1.165, 1.54) is 23.7 Å². The highest BCUT2D eigenvalue weighted by molar-refractivity contribution is 5.09. The van der Waals surface area contributed by atoms with E-state index in [1.54, 1.807) is 19.3 Å². The summed E-state index contributed by atoms with van der Waals surface area (Å²) in [6.07, 6.45) is 4.75. The fourth-order valence-corrected chi connectivity index (χ4v) is 3.39. The van der Waals surface area contributed by atoms with Crippen molar-refractivity contribution < 1.29 is 0 Å². The van der Waals surface area contributed by atoms with Gasteiger partial charge in [0.05, 0.1) is 0 Å². The van der Waals surface area contributed by atoms with Crippen molar-refractivity contribution >= 4 is 0 Å². The third kappa shape index (κ3) is 0.395. The van der Waals surface area contributed by atoms with Crippen molar-refractivity contribution in [3.05, 3.63) is 0 Å². The standard InChI is InChI=1S/C9H14/c1-5-6-2-3-7(6)9-4-8(5)9/h5-9H,2-4H2,1H3/t5?,6?,7?,8?,9-/m1/s1. The van der Waals surface area contributed by atoms with E-state index in [0.29, 0.717) is 0 Å². The Kier molecular flexibility index (Phi) is 0.640. The number of hydrogen-bond donors (Lipinski definition) is 0. The fraction of sp³-hybridized carbons (Fsp3) is 1.00. The quantitative estimate of drug-likeness (QED) is 0.462. The van der Waals surface area contributed by atoms with Crippen LogP contribution in [0.25, 0.3) is 0 Å². The molecule has 0 saturated heterocycles. The summed E-state index contributed by atoms with van der Waals surface area (Å²) < 4.78 is 0. The molecule has 0 nitrogen and oxygen atoms in total. The summed E-state index contributed by atoms with van der Waals surface area (Å²) in [5.41, 5.74) is 0. The molecule has 0 aromatic rings. The Labute approximate surface area is 56.6 Å². The summed E-state index contributed by atoms with van der Waals surface area (Å²) in [5, 5.41) is 0. The van der Waals surface area contributed by atoms with Crippen LogP contribution in [0.5, 0.6) is 0 Å². The smallest absolute Gasteiger partial charge is 0.0349 e. The first kappa shape index (κ1) is 4.76. The molecular formula is C9H14. The zero-order valence-electron chi connectivity index (χ0n) is 6.01. The van der Waals surface area contributed by atoms with E-state index in [-0.39, 0.29) is 0 Å². The molecule has 3 fully saturated rings. The Morgan fingerprint density at radius 2 is 1.67 bits per heavy atom. The molecule has 0 bridgehead atoms. The van der Waals surface area contributed by atoms with Crippen LogP contribution in [0.4, 0.5) is 0 Å². The van der Waals surface area contributed by atoms with E-state index < -0.39 is 0 Å². The summed E-state index contributed by atoms with van der Waals surface area (Å²) in [6.45, 7) is 2.48. The maximum atomic E-state index is 2.48. The van der Waals surface area contributed by atoms with Crippen molar-refractivity contribution in [3.8, 4) is 0 Å². The second-order valence-electron chi connectivity index (χ2n) is 4.33. The fourth-order valence-electron chi connectivity index (χ4n) is 3.39. The molecule has 5 atom stereocenters. The second-order valence-corrected chi connectivity index (χ2v) is 4.33. The van der Waals surface area contributed by atoms with E-state index >= 15 is 0 Å². The largest absolute Gasteiger partial charge is 0.0620 e. The molecule has 9 heavy (non-hydrogen) atoms. The van der Waals surface area contributed by atoms with Crippen LogP contribution in [0, 0.1) is 29.6 Å². The minimum Gasteiger partial charge on any atom is -0.0620 e. The van der Waals surface area contributed by atoms with Crippen molar-refractivity contribution in [3.63, 3.8) is 0 Å². The third-order valence-electron chi connectivity index (χ3n) is 4.18. The Hall–Kier alpha value is 0. The van der Waals surface area contributed by atoms with Crippen LogP contribution >= 0.6 is 0 Å². The van der Waals surface area contributed by atoms with Crippen molar-refractivity contribution in [1.29, 1.82) is 0 Å². The number of hydrogen-bond acceptors (Lipinski definition) is 0. The summed E-state index contributed by atoms with van der Waals surface area (Å²) in [6, 6.07) is 0. The van der Waals surface area contributed by atoms with Gasteiger partial charge in [-0.1, -0.05) is 6.92 Å². The second kappa shape index (κ2) is 1.21. The molecule has 0 aliphatic heterocycles. The first-order valence-electron chi connectivity index (χ1n) is 4.38. The summed E-state index contributed by atoms with van der Waals surface area (Å²) >= 11 is 0. The lowest BCUT2D eigenvalue weighted by molar-refractivity contribution is 0.141. The van der Waals surface area contributed by atoms with Gasteiger partial charge in [0.15, 0.2) is 0 Å². The number of rotatable bonds is 0. The maximum absolute atomic E-state index is 2.48. The average Bonchev–Trinajstić information content (AvgIpc) is 2.38. The van der Waals surface area contributed by atoms with Crippen molar-refractivity contribution in [1.82, 2.24) is 0 Å². The molecular weight excluding hydrogens is 108 g/mol. The highest BCUT2D eigenvalue weighted by atomic mass is 14.6. The van der Waals surface area contributed by atoms with Crippen LogP contribution in [-0.4, -0.2) is 0 Å². The molecule has 0 heterocycles. The van der Waals surface area contributed by atoms with E-state index in [9.17, 15) is 0 Å². The van der Waals surface area contributed by atoms with Gasteiger partial charge in [-0.3, -0.25) is 0 Å². The molecule has 50 valence electrons. The zero-order valence-corrected chi connectivity index (χ0v) is 6.01. The first-order valence-corrected chi connectivity index (χ1v) is 4.38. The van der Waals surface area contributed by atoms with Crippen molar-refractivity contribution in [2.45, 2.75) is 26.2 Å². The van der Waals surface area contributed by atoms with E-state index in [2.05, 4.69) is 6.92 Å². The first-order chi connectivity index (χ1) is 4.38. The normalized spacial score (nSPS) is 68.3. The van der Waals surface area contributed by atoms with Gasteiger partial charge in [0, 0.05) is 0 Å². The van der Waals surface area contributed by atoms with Gasteiger partial charge in [-0.25, -0.2) is 0 Å². The van der Waals surface area contributed by atoms with E-state index in [1.807, 2.05) is 0 Å². The van der Waals surface area contributed by atoms with Gasteiger partial charge in [-0.15, -0.1) is 0 Å². The Balaban J connectivity index is 1.92. The highest BCUT2D eigenvalue weighted by Crippen LogP contribution is 2.67. The monoisotopic (exact) mass is 122 g/mol. The molecule has 0 aromatic carbocycles. The van der Waals surface area contributed by atoms with Gasteiger partial charge in [0.2, 0.25) is 0 Å². The molecule has 3 aliphatic rings. The highest BCUT2D eigenvalue weighted by Gasteiger charge is 2.60. The van der Waals surface area contributed by atoms with E-state index in [4.69, 9.17) is 0 Å². The van der Waals surface area contributed by atoms with Crippen molar-refractivity contribution in [2.75, 3.05) is 0 Å². The van der Waals surface area contributed by atoms with Crippen LogP contribution < -0.4 is 0 Å². The lowest BCUT2D eigenvalue weighted by Gasteiger charge is -2.36. The lowest BCUT2D eigenvalue weighted by Crippen LogP contribution is -2.27. The minimum absolute atomic E-state index is 1.12. The molecule has 3 rings (SSSR count). The molecule has 0 N–H and O–H groups in total. The maximum Gasteiger partial charge on any atom is -0.0349 e. The summed E-state index contributed by atoms with van der Waals surface area (Å²) in [5.74, 6) is 5.94. The molecule has 0 spiro atoms. The Morgan fingerprint density at radius 3 is 2.00 bits per heavy atom. The van der Waals surface area contributed by atoms with Gasteiger partial charge < -0.3 is 0 Å². The van der Waals surface area contributed by atoms with Crippen LogP contribution in [0.2, 0.25) is 0 Å². The lowest BCUT2D eigenvalue weighted by atomic mass is 9.70.